The molecule has 0 aliphatic rings. The molecule has 0 radical (unpaired) electrons. The molecule has 0 bridgehead atoms. The minimum absolute atomic E-state index is 0.475. The maximum atomic E-state index is 5.01. The minimum Gasteiger partial charge on any atom is -0.271 e. The highest BCUT2D eigenvalue weighted by atomic mass is 15.2. The van der Waals surface area contributed by atoms with Crippen LogP contribution < -0.4 is 11.3 Å². The van der Waals surface area contributed by atoms with Crippen molar-refractivity contribution in [3.05, 3.63) is 37.0 Å². The molecule has 0 aliphatic carbocycles. The summed E-state index contributed by atoms with van der Waals surface area (Å²) in [6, 6.07) is 0. The Bertz CT molecular complexity index is 215. The Kier molecular flexibility index (Phi) is 6.01. The average Bonchev–Trinajstić information content (AvgIpc) is 2.03. The SMILES string of the molecule is C=C/C=C(/C#CCNN)C=C. The number of hydrogen-bond donors (Lipinski definition) is 2. The van der Waals surface area contributed by atoms with E-state index in [-0.39, 0.29) is 0 Å². The van der Waals surface area contributed by atoms with Crippen LogP contribution in [0.5, 0.6) is 0 Å². The van der Waals surface area contributed by atoms with Gasteiger partial charge >= 0.3 is 0 Å². The lowest BCUT2D eigenvalue weighted by atomic mass is 10.2. The van der Waals surface area contributed by atoms with E-state index in [1.54, 1.807) is 18.2 Å². The fraction of sp³-hybridized carbons (Fsp3) is 0.111. The number of hydrogen-bond acceptors (Lipinski definition) is 2. The Morgan fingerprint density at radius 1 is 1.55 bits per heavy atom. The molecule has 0 aromatic heterocycles. The smallest absolute Gasteiger partial charge is 0.0713 e. The van der Waals surface area contributed by atoms with Crippen LogP contribution in [0.4, 0.5) is 0 Å². The van der Waals surface area contributed by atoms with Crippen molar-refractivity contribution < 1.29 is 0 Å². The van der Waals surface area contributed by atoms with E-state index in [9.17, 15) is 0 Å². The lowest BCUT2D eigenvalue weighted by molar-refractivity contribution is 0.837. The molecule has 0 aromatic carbocycles. The van der Waals surface area contributed by atoms with Crippen LogP contribution in [-0.2, 0) is 0 Å². The summed E-state index contributed by atoms with van der Waals surface area (Å²) in [6.45, 7) is 7.61. The van der Waals surface area contributed by atoms with Gasteiger partial charge in [0.05, 0.1) is 6.54 Å². The Morgan fingerprint density at radius 3 is 2.73 bits per heavy atom. The molecule has 2 nitrogen and oxygen atoms in total. The summed E-state index contributed by atoms with van der Waals surface area (Å²) in [6.07, 6.45) is 5.13. The van der Waals surface area contributed by atoms with Gasteiger partial charge in [-0.15, -0.1) is 0 Å². The maximum Gasteiger partial charge on any atom is 0.0713 e. The Labute approximate surface area is 67.4 Å². The van der Waals surface area contributed by atoms with Crippen LogP contribution in [0.15, 0.2) is 37.0 Å². The van der Waals surface area contributed by atoms with Gasteiger partial charge in [-0.25, -0.2) is 5.43 Å². The quantitative estimate of drug-likeness (QED) is 0.268. The normalized spacial score (nSPS) is 9.73. The molecule has 0 atom stereocenters. The van der Waals surface area contributed by atoms with E-state index in [0.29, 0.717) is 6.54 Å². The first-order chi connectivity index (χ1) is 5.35. The van der Waals surface area contributed by atoms with Crippen LogP contribution >= 0.6 is 0 Å². The Morgan fingerprint density at radius 2 is 2.27 bits per heavy atom. The van der Waals surface area contributed by atoms with Crippen molar-refractivity contribution in [2.24, 2.45) is 5.84 Å². The molecule has 0 spiro atoms. The molecule has 0 amide bonds. The van der Waals surface area contributed by atoms with Gasteiger partial charge in [-0.2, -0.15) is 0 Å². The Hall–Kier alpha value is -1.30. The van der Waals surface area contributed by atoms with E-state index in [4.69, 9.17) is 5.84 Å². The highest BCUT2D eigenvalue weighted by Crippen LogP contribution is 1.91. The summed E-state index contributed by atoms with van der Waals surface area (Å²) in [5.74, 6) is 10.7. The highest BCUT2D eigenvalue weighted by molar-refractivity contribution is 5.39. The van der Waals surface area contributed by atoms with E-state index >= 15 is 0 Å². The van der Waals surface area contributed by atoms with Crippen molar-refractivity contribution in [3.8, 4) is 11.8 Å². The molecule has 0 saturated heterocycles. The maximum absolute atomic E-state index is 5.01. The third kappa shape index (κ3) is 5.16. The Balaban J connectivity index is 4.10. The minimum atomic E-state index is 0.475. The summed E-state index contributed by atoms with van der Waals surface area (Å²) in [7, 11) is 0. The lowest BCUT2D eigenvalue weighted by Crippen LogP contribution is -2.21. The van der Waals surface area contributed by atoms with Gasteiger partial charge in [0.15, 0.2) is 0 Å². The molecule has 3 N–H and O–H groups in total. The van der Waals surface area contributed by atoms with Crippen LogP contribution in [0.3, 0.4) is 0 Å². The predicted octanol–water partition coefficient (Wildman–Crippen LogP) is 0.752. The zero-order chi connectivity index (χ0) is 8.53. The summed E-state index contributed by atoms with van der Waals surface area (Å²) in [4.78, 5) is 0. The van der Waals surface area contributed by atoms with E-state index in [2.05, 4.69) is 30.4 Å². The van der Waals surface area contributed by atoms with Crippen LogP contribution in [0.1, 0.15) is 0 Å². The second-order valence-corrected chi connectivity index (χ2v) is 1.74. The first kappa shape index (κ1) is 9.70. The number of allylic oxidation sites excluding steroid dienone is 4. The van der Waals surface area contributed by atoms with Gasteiger partial charge in [0, 0.05) is 5.57 Å². The summed E-state index contributed by atoms with van der Waals surface area (Å²) >= 11 is 0. The molecular formula is C9H12N2. The van der Waals surface area contributed by atoms with Gasteiger partial charge in [0.1, 0.15) is 0 Å². The van der Waals surface area contributed by atoms with Gasteiger partial charge in [-0.05, 0) is 6.08 Å². The summed E-state index contributed by atoms with van der Waals surface area (Å²) in [5.41, 5.74) is 3.27. The summed E-state index contributed by atoms with van der Waals surface area (Å²) in [5, 5.41) is 0. The van der Waals surface area contributed by atoms with Crippen LogP contribution in [0.25, 0.3) is 0 Å². The molecule has 0 rings (SSSR count). The van der Waals surface area contributed by atoms with Crippen molar-refractivity contribution in [1.82, 2.24) is 5.43 Å². The number of nitrogens with two attached hydrogens (primary N) is 1. The fourth-order valence-electron chi connectivity index (χ4n) is 0.485. The molecule has 0 heterocycles. The monoisotopic (exact) mass is 148 g/mol. The molecule has 0 aromatic rings. The van der Waals surface area contributed by atoms with Crippen molar-refractivity contribution >= 4 is 0 Å². The van der Waals surface area contributed by atoms with Crippen molar-refractivity contribution in [3.63, 3.8) is 0 Å². The van der Waals surface area contributed by atoms with Gasteiger partial charge in [-0.3, -0.25) is 5.84 Å². The first-order valence-electron chi connectivity index (χ1n) is 3.22. The molecule has 0 unspecified atom stereocenters. The fourth-order valence-corrected chi connectivity index (χ4v) is 0.485. The van der Waals surface area contributed by atoms with Crippen molar-refractivity contribution in [2.75, 3.05) is 6.54 Å². The number of hydrazine groups is 1. The zero-order valence-electron chi connectivity index (χ0n) is 6.43. The zero-order valence-corrected chi connectivity index (χ0v) is 6.43. The predicted molar refractivity (Wildman–Crippen MR) is 48.4 cm³/mol. The van der Waals surface area contributed by atoms with Crippen molar-refractivity contribution in [2.45, 2.75) is 0 Å². The molecule has 0 aliphatic heterocycles. The van der Waals surface area contributed by atoms with Gasteiger partial charge < -0.3 is 0 Å². The number of rotatable bonds is 3. The van der Waals surface area contributed by atoms with Crippen LogP contribution in [0.2, 0.25) is 0 Å². The van der Waals surface area contributed by atoms with Gasteiger partial charge in [0.25, 0.3) is 0 Å². The third-order valence-electron chi connectivity index (χ3n) is 0.940. The standard InChI is InChI=1S/C9H12N2/c1-3-6-9(4-2)7-5-8-11-10/h3-4,6,11H,1-2,8,10H2/b9-6+. The van der Waals surface area contributed by atoms with Crippen molar-refractivity contribution in [1.29, 1.82) is 0 Å². The first-order valence-corrected chi connectivity index (χ1v) is 3.22. The topological polar surface area (TPSA) is 38.0 Å². The van der Waals surface area contributed by atoms with Crippen LogP contribution in [0, 0.1) is 11.8 Å². The van der Waals surface area contributed by atoms with E-state index < -0.39 is 0 Å². The molecular weight excluding hydrogens is 136 g/mol. The molecule has 11 heavy (non-hydrogen) atoms. The molecule has 2 heteroatoms. The van der Waals surface area contributed by atoms with E-state index in [1.165, 1.54) is 0 Å². The molecule has 58 valence electrons. The average molecular weight is 148 g/mol. The third-order valence-corrected chi connectivity index (χ3v) is 0.940. The summed E-state index contributed by atoms with van der Waals surface area (Å²) < 4.78 is 0. The second-order valence-electron chi connectivity index (χ2n) is 1.74. The van der Waals surface area contributed by atoms with Crippen LogP contribution in [-0.4, -0.2) is 6.54 Å². The second kappa shape index (κ2) is 6.81. The van der Waals surface area contributed by atoms with Gasteiger partial charge in [0.2, 0.25) is 0 Å². The lowest BCUT2D eigenvalue weighted by Gasteiger charge is -1.85. The van der Waals surface area contributed by atoms with E-state index in [1.807, 2.05) is 0 Å². The molecule has 0 fully saturated rings. The molecule has 0 saturated carbocycles. The highest BCUT2D eigenvalue weighted by Gasteiger charge is 1.78. The van der Waals surface area contributed by atoms with Gasteiger partial charge in [-0.1, -0.05) is 37.2 Å². The number of nitrogens with one attached hydrogen (secondary N) is 1. The largest absolute Gasteiger partial charge is 0.271 e. The van der Waals surface area contributed by atoms with E-state index in [0.717, 1.165) is 5.57 Å².